The Hall–Kier alpha value is -1.56. The summed E-state index contributed by atoms with van der Waals surface area (Å²) in [4.78, 5) is 11.9. The molecule has 0 aromatic heterocycles. The van der Waals surface area contributed by atoms with Gasteiger partial charge in [0.05, 0.1) is 5.75 Å². The molecule has 0 spiro atoms. The molecule has 1 rings (SSSR count). The van der Waals surface area contributed by atoms with Crippen LogP contribution in [-0.4, -0.2) is 37.5 Å². The summed E-state index contributed by atoms with van der Waals surface area (Å²) in [5.41, 5.74) is 1.06. The number of rotatable bonds is 4. The fraction of sp³-hybridized carbons (Fsp3) is 0.417. The third kappa shape index (κ3) is 4.37. The molecule has 0 bridgehead atoms. The van der Waals surface area contributed by atoms with Gasteiger partial charge in [0.1, 0.15) is 15.6 Å². The Morgan fingerprint density at radius 1 is 1.44 bits per heavy atom. The summed E-state index contributed by atoms with van der Waals surface area (Å²) >= 11 is 0. The molecule has 5 nitrogen and oxygen atoms in total. The van der Waals surface area contributed by atoms with Crippen LogP contribution in [0.3, 0.4) is 0 Å². The standard InChI is InChI=1S/C12H17NO4S/c1-8-6-10(14)4-5-11(8)12(15)13-9(2)7-18(3,16)17/h4-6,9,14H,7H2,1-3H3,(H,13,15). The third-order valence-electron chi connectivity index (χ3n) is 2.38. The van der Waals surface area contributed by atoms with Gasteiger partial charge in [0.15, 0.2) is 0 Å². The summed E-state index contributed by atoms with van der Waals surface area (Å²) in [6.45, 7) is 3.34. The Morgan fingerprint density at radius 2 is 2.06 bits per heavy atom. The third-order valence-corrected chi connectivity index (χ3v) is 3.49. The van der Waals surface area contributed by atoms with Crippen molar-refractivity contribution in [1.29, 1.82) is 0 Å². The Bertz CT molecular complexity index is 551. The fourth-order valence-corrected chi connectivity index (χ4v) is 2.69. The zero-order valence-electron chi connectivity index (χ0n) is 10.6. The summed E-state index contributed by atoms with van der Waals surface area (Å²) < 4.78 is 22.2. The molecule has 0 radical (unpaired) electrons. The Labute approximate surface area is 107 Å². The first-order chi connectivity index (χ1) is 8.19. The van der Waals surface area contributed by atoms with Crippen molar-refractivity contribution in [3.05, 3.63) is 29.3 Å². The van der Waals surface area contributed by atoms with Crippen LogP contribution < -0.4 is 5.32 Å². The van der Waals surface area contributed by atoms with Crippen molar-refractivity contribution in [3.8, 4) is 5.75 Å². The van der Waals surface area contributed by atoms with E-state index in [-0.39, 0.29) is 17.4 Å². The largest absolute Gasteiger partial charge is 0.508 e. The second-order valence-electron chi connectivity index (χ2n) is 4.47. The molecule has 0 saturated carbocycles. The van der Waals surface area contributed by atoms with Gasteiger partial charge in [-0.15, -0.1) is 0 Å². The van der Waals surface area contributed by atoms with E-state index in [4.69, 9.17) is 0 Å². The SMILES string of the molecule is Cc1cc(O)ccc1C(=O)NC(C)CS(C)(=O)=O. The molecule has 0 aliphatic rings. The number of aryl methyl sites for hydroxylation is 1. The molecule has 2 N–H and O–H groups in total. The zero-order chi connectivity index (χ0) is 13.9. The number of benzene rings is 1. The fourth-order valence-electron chi connectivity index (χ4n) is 1.70. The van der Waals surface area contributed by atoms with Gasteiger partial charge in [0.2, 0.25) is 0 Å². The molecule has 0 saturated heterocycles. The smallest absolute Gasteiger partial charge is 0.251 e. The second-order valence-corrected chi connectivity index (χ2v) is 6.65. The van der Waals surface area contributed by atoms with Gasteiger partial charge in [0.25, 0.3) is 5.91 Å². The van der Waals surface area contributed by atoms with Crippen LogP contribution in [0.4, 0.5) is 0 Å². The number of phenols is 1. The van der Waals surface area contributed by atoms with Crippen LogP contribution in [0, 0.1) is 6.92 Å². The first-order valence-corrected chi connectivity index (χ1v) is 7.53. The Balaban J connectivity index is 2.77. The van der Waals surface area contributed by atoms with E-state index < -0.39 is 15.9 Å². The molecule has 0 heterocycles. The number of aromatic hydroxyl groups is 1. The highest BCUT2D eigenvalue weighted by molar-refractivity contribution is 7.90. The van der Waals surface area contributed by atoms with Crippen molar-refractivity contribution >= 4 is 15.7 Å². The van der Waals surface area contributed by atoms with Crippen LogP contribution in [0.25, 0.3) is 0 Å². The number of hydrogen-bond acceptors (Lipinski definition) is 4. The summed E-state index contributed by atoms with van der Waals surface area (Å²) in [6, 6.07) is 3.95. The monoisotopic (exact) mass is 271 g/mol. The minimum absolute atomic E-state index is 0.0910. The van der Waals surface area contributed by atoms with Crippen LogP contribution in [-0.2, 0) is 9.84 Å². The van der Waals surface area contributed by atoms with E-state index in [2.05, 4.69) is 5.32 Å². The van der Waals surface area contributed by atoms with Gasteiger partial charge in [-0.1, -0.05) is 0 Å². The number of nitrogens with one attached hydrogen (secondary N) is 1. The minimum atomic E-state index is -3.12. The van der Waals surface area contributed by atoms with Crippen molar-refractivity contribution in [1.82, 2.24) is 5.32 Å². The average Bonchev–Trinajstić information content (AvgIpc) is 2.13. The molecule has 0 fully saturated rings. The first kappa shape index (κ1) is 14.5. The van der Waals surface area contributed by atoms with E-state index in [1.807, 2.05) is 0 Å². The lowest BCUT2D eigenvalue weighted by Gasteiger charge is -2.14. The number of sulfone groups is 1. The van der Waals surface area contributed by atoms with Crippen molar-refractivity contribution in [2.24, 2.45) is 0 Å². The highest BCUT2D eigenvalue weighted by Gasteiger charge is 2.15. The lowest BCUT2D eigenvalue weighted by Crippen LogP contribution is -2.37. The number of hydrogen-bond donors (Lipinski definition) is 2. The van der Waals surface area contributed by atoms with Gasteiger partial charge in [-0.2, -0.15) is 0 Å². The molecule has 1 atom stereocenters. The highest BCUT2D eigenvalue weighted by atomic mass is 32.2. The van der Waals surface area contributed by atoms with Gasteiger partial charge in [0, 0.05) is 17.9 Å². The van der Waals surface area contributed by atoms with Crippen molar-refractivity contribution in [3.63, 3.8) is 0 Å². The van der Waals surface area contributed by atoms with E-state index in [9.17, 15) is 18.3 Å². The molecule has 18 heavy (non-hydrogen) atoms. The summed E-state index contributed by atoms with van der Waals surface area (Å²) in [6.07, 6.45) is 1.13. The molecule has 1 unspecified atom stereocenters. The normalized spacial score (nSPS) is 13.1. The summed E-state index contributed by atoms with van der Waals surface area (Å²) in [7, 11) is -3.12. The van der Waals surface area contributed by atoms with Gasteiger partial charge in [-0.3, -0.25) is 4.79 Å². The van der Waals surface area contributed by atoms with Crippen LogP contribution in [0.1, 0.15) is 22.8 Å². The lowest BCUT2D eigenvalue weighted by atomic mass is 10.1. The molecule has 1 aromatic carbocycles. The maximum Gasteiger partial charge on any atom is 0.251 e. The van der Waals surface area contributed by atoms with Crippen LogP contribution >= 0.6 is 0 Å². The van der Waals surface area contributed by atoms with E-state index >= 15 is 0 Å². The predicted molar refractivity (Wildman–Crippen MR) is 69.5 cm³/mol. The average molecular weight is 271 g/mol. The Kier molecular flexibility index (Phi) is 4.34. The molecule has 1 aromatic rings. The molecular weight excluding hydrogens is 254 g/mol. The van der Waals surface area contributed by atoms with Crippen molar-refractivity contribution < 1.29 is 18.3 Å². The number of phenolic OH excluding ortho intramolecular Hbond substituents is 1. The maximum atomic E-state index is 11.9. The molecule has 1 amide bonds. The zero-order valence-corrected chi connectivity index (χ0v) is 11.4. The van der Waals surface area contributed by atoms with E-state index in [0.29, 0.717) is 11.1 Å². The summed E-state index contributed by atoms with van der Waals surface area (Å²) in [5.74, 6) is -0.354. The second kappa shape index (κ2) is 5.39. The first-order valence-electron chi connectivity index (χ1n) is 5.47. The number of carbonyl (C=O) groups is 1. The van der Waals surface area contributed by atoms with Crippen LogP contribution in [0.5, 0.6) is 5.75 Å². The molecule has 100 valence electrons. The minimum Gasteiger partial charge on any atom is -0.508 e. The van der Waals surface area contributed by atoms with E-state index in [0.717, 1.165) is 6.26 Å². The van der Waals surface area contributed by atoms with Crippen molar-refractivity contribution in [2.45, 2.75) is 19.9 Å². The van der Waals surface area contributed by atoms with Crippen LogP contribution in [0.15, 0.2) is 18.2 Å². The molecule has 0 aliphatic carbocycles. The summed E-state index contributed by atoms with van der Waals surface area (Å²) in [5, 5.41) is 11.9. The van der Waals surface area contributed by atoms with Gasteiger partial charge in [-0.25, -0.2) is 8.42 Å². The number of amides is 1. The topological polar surface area (TPSA) is 83.5 Å². The van der Waals surface area contributed by atoms with Crippen molar-refractivity contribution in [2.75, 3.05) is 12.0 Å². The molecule has 6 heteroatoms. The van der Waals surface area contributed by atoms with E-state index in [1.165, 1.54) is 18.2 Å². The molecule has 0 aliphatic heterocycles. The quantitative estimate of drug-likeness (QED) is 0.851. The lowest BCUT2D eigenvalue weighted by molar-refractivity contribution is 0.0943. The van der Waals surface area contributed by atoms with Crippen LogP contribution in [0.2, 0.25) is 0 Å². The van der Waals surface area contributed by atoms with Gasteiger partial charge < -0.3 is 10.4 Å². The highest BCUT2D eigenvalue weighted by Crippen LogP contribution is 2.15. The maximum absolute atomic E-state index is 11.9. The Morgan fingerprint density at radius 3 is 2.56 bits per heavy atom. The van der Waals surface area contributed by atoms with Gasteiger partial charge >= 0.3 is 0 Å². The predicted octanol–water partition coefficient (Wildman–Crippen LogP) is 0.864. The molecular formula is C12H17NO4S. The number of carbonyl (C=O) groups excluding carboxylic acids is 1. The van der Waals surface area contributed by atoms with E-state index in [1.54, 1.807) is 13.8 Å². The van der Waals surface area contributed by atoms with Gasteiger partial charge in [-0.05, 0) is 37.6 Å².